The lowest BCUT2D eigenvalue weighted by Gasteiger charge is -2.22. The number of benzene rings is 1. The van der Waals surface area contributed by atoms with Gasteiger partial charge in [0.25, 0.3) is 0 Å². The van der Waals surface area contributed by atoms with Crippen molar-refractivity contribution < 1.29 is 0 Å². The molecular formula is C17H24N4. The number of unbranched alkanes of at least 4 members (excludes halogenated alkanes) is 2. The molecule has 1 heterocycles. The predicted octanol–water partition coefficient (Wildman–Crippen LogP) is 4.24. The second-order valence-corrected chi connectivity index (χ2v) is 4.95. The molecule has 2 aromatic rings. The summed E-state index contributed by atoms with van der Waals surface area (Å²) in [5.74, 6) is 1.63. The molecule has 0 fully saturated rings. The molecule has 112 valence electrons. The van der Waals surface area contributed by atoms with Gasteiger partial charge in [0.1, 0.15) is 5.82 Å². The molecule has 0 aliphatic heterocycles. The van der Waals surface area contributed by atoms with Crippen LogP contribution in [0, 0.1) is 0 Å². The molecule has 0 amide bonds. The van der Waals surface area contributed by atoms with Gasteiger partial charge in [0.15, 0.2) is 0 Å². The van der Waals surface area contributed by atoms with Crippen LogP contribution in [0.5, 0.6) is 0 Å². The molecule has 0 radical (unpaired) electrons. The Hall–Kier alpha value is -2.10. The van der Waals surface area contributed by atoms with E-state index in [9.17, 15) is 0 Å². The normalized spacial score (nSPS) is 10.4. The van der Waals surface area contributed by atoms with Gasteiger partial charge in [-0.2, -0.15) is 4.98 Å². The Balaban J connectivity index is 2.08. The lowest BCUT2D eigenvalue weighted by molar-refractivity contribution is 0.740. The van der Waals surface area contributed by atoms with Gasteiger partial charge >= 0.3 is 0 Å². The predicted molar refractivity (Wildman–Crippen MR) is 89.2 cm³/mol. The number of nitrogens with one attached hydrogen (secondary N) is 1. The van der Waals surface area contributed by atoms with Gasteiger partial charge in [-0.3, -0.25) is 0 Å². The maximum Gasteiger partial charge on any atom is 0.224 e. The summed E-state index contributed by atoms with van der Waals surface area (Å²) in [6, 6.07) is 12.3. The van der Waals surface area contributed by atoms with Crippen molar-refractivity contribution >= 4 is 17.5 Å². The molecule has 1 aromatic carbocycles. The maximum atomic E-state index is 4.62. The third kappa shape index (κ3) is 4.45. The van der Waals surface area contributed by atoms with E-state index < -0.39 is 0 Å². The second-order valence-electron chi connectivity index (χ2n) is 4.95. The van der Waals surface area contributed by atoms with Gasteiger partial charge in [0.05, 0.1) is 0 Å². The quantitative estimate of drug-likeness (QED) is 0.736. The summed E-state index contributed by atoms with van der Waals surface area (Å²) < 4.78 is 0. The summed E-state index contributed by atoms with van der Waals surface area (Å²) in [5.41, 5.74) is 1.15. The molecule has 0 aliphatic rings. The SMILES string of the molecule is CCCCCNc1nccc(N(CC)c2ccccc2)n1. The summed E-state index contributed by atoms with van der Waals surface area (Å²) in [4.78, 5) is 11.1. The van der Waals surface area contributed by atoms with E-state index in [-0.39, 0.29) is 0 Å². The summed E-state index contributed by atoms with van der Waals surface area (Å²) in [6.45, 7) is 6.13. The Kier molecular flexibility index (Phi) is 6.00. The van der Waals surface area contributed by atoms with Crippen LogP contribution in [0.2, 0.25) is 0 Å². The topological polar surface area (TPSA) is 41.1 Å². The number of nitrogens with zero attached hydrogens (tertiary/aromatic N) is 3. The number of hydrogen-bond acceptors (Lipinski definition) is 4. The molecule has 0 spiro atoms. The third-order valence-electron chi connectivity index (χ3n) is 3.36. The van der Waals surface area contributed by atoms with E-state index in [0.717, 1.165) is 31.0 Å². The summed E-state index contributed by atoms with van der Waals surface area (Å²) >= 11 is 0. The van der Waals surface area contributed by atoms with E-state index in [1.54, 1.807) is 0 Å². The molecule has 1 N–H and O–H groups in total. The van der Waals surface area contributed by atoms with Crippen LogP contribution in [-0.2, 0) is 0 Å². The van der Waals surface area contributed by atoms with Crippen molar-refractivity contribution in [2.75, 3.05) is 23.3 Å². The summed E-state index contributed by atoms with van der Waals surface area (Å²) in [6.07, 6.45) is 5.42. The first-order chi connectivity index (χ1) is 10.3. The van der Waals surface area contributed by atoms with Crippen LogP contribution in [0.15, 0.2) is 42.6 Å². The van der Waals surface area contributed by atoms with Crippen LogP contribution in [0.3, 0.4) is 0 Å². The van der Waals surface area contributed by atoms with Crippen LogP contribution in [-0.4, -0.2) is 23.1 Å². The van der Waals surface area contributed by atoms with Crippen LogP contribution in [0.4, 0.5) is 17.5 Å². The molecular weight excluding hydrogens is 260 g/mol. The molecule has 4 heteroatoms. The molecule has 0 saturated heterocycles. The zero-order valence-corrected chi connectivity index (χ0v) is 12.9. The Morgan fingerprint density at radius 3 is 2.57 bits per heavy atom. The Labute approximate surface area is 127 Å². The molecule has 0 bridgehead atoms. The highest BCUT2D eigenvalue weighted by Gasteiger charge is 2.09. The molecule has 21 heavy (non-hydrogen) atoms. The minimum absolute atomic E-state index is 0.706. The van der Waals surface area contributed by atoms with Gasteiger partial charge < -0.3 is 10.2 Å². The van der Waals surface area contributed by atoms with E-state index in [2.05, 4.69) is 46.2 Å². The highest BCUT2D eigenvalue weighted by molar-refractivity contribution is 5.60. The fraction of sp³-hybridized carbons (Fsp3) is 0.412. The Morgan fingerprint density at radius 2 is 1.86 bits per heavy atom. The molecule has 1 aromatic heterocycles. The fourth-order valence-electron chi connectivity index (χ4n) is 2.24. The molecule has 0 aliphatic carbocycles. The maximum absolute atomic E-state index is 4.62. The minimum atomic E-state index is 0.706. The lowest BCUT2D eigenvalue weighted by Crippen LogP contribution is -2.18. The molecule has 0 unspecified atom stereocenters. The summed E-state index contributed by atoms with van der Waals surface area (Å²) in [5, 5.41) is 3.30. The van der Waals surface area contributed by atoms with Crippen molar-refractivity contribution in [2.24, 2.45) is 0 Å². The van der Waals surface area contributed by atoms with E-state index in [0.29, 0.717) is 5.95 Å². The van der Waals surface area contributed by atoms with E-state index >= 15 is 0 Å². The van der Waals surface area contributed by atoms with E-state index in [1.165, 1.54) is 12.8 Å². The van der Waals surface area contributed by atoms with Gasteiger partial charge in [0.2, 0.25) is 5.95 Å². The fourth-order valence-corrected chi connectivity index (χ4v) is 2.24. The van der Waals surface area contributed by atoms with Crippen molar-refractivity contribution in [3.63, 3.8) is 0 Å². The average molecular weight is 284 g/mol. The Morgan fingerprint density at radius 1 is 1.05 bits per heavy atom. The molecule has 0 saturated carbocycles. The second kappa shape index (κ2) is 8.25. The smallest absolute Gasteiger partial charge is 0.224 e. The number of anilines is 3. The van der Waals surface area contributed by atoms with Crippen LogP contribution in [0.1, 0.15) is 33.1 Å². The highest BCUT2D eigenvalue weighted by Crippen LogP contribution is 2.23. The average Bonchev–Trinajstić information content (AvgIpc) is 2.54. The largest absolute Gasteiger partial charge is 0.354 e. The third-order valence-corrected chi connectivity index (χ3v) is 3.36. The highest BCUT2D eigenvalue weighted by atomic mass is 15.2. The number of para-hydroxylation sites is 1. The van der Waals surface area contributed by atoms with E-state index in [4.69, 9.17) is 0 Å². The first-order valence-electron chi connectivity index (χ1n) is 7.74. The minimum Gasteiger partial charge on any atom is -0.354 e. The molecule has 0 atom stereocenters. The van der Waals surface area contributed by atoms with E-state index in [1.807, 2.05) is 30.5 Å². The molecule has 4 nitrogen and oxygen atoms in total. The zero-order chi connectivity index (χ0) is 14.9. The van der Waals surface area contributed by atoms with Gasteiger partial charge in [-0.05, 0) is 31.5 Å². The van der Waals surface area contributed by atoms with Crippen molar-refractivity contribution in [2.45, 2.75) is 33.1 Å². The van der Waals surface area contributed by atoms with Crippen molar-refractivity contribution in [1.29, 1.82) is 0 Å². The molecule has 2 rings (SSSR count). The zero-order valence-electron chi connectivity index (χ0n) is 12.9. The van der Waals surface area contributed by atoms with Crippen LogP contribution < -0.4 is 10.2 Å². The van der Waals surface area contributed by atoms with Gasteiger partial charge in [-0.15, -0.1) is 0 Å². The number of aromatic nitrogens is 2. The van der Waals surface area contributed by atoms with Gasteiger partial charge in [0, 0.05) is 25.0 Å². The number of rotatable bonds is 8. The lowest BCUT2D eigenvalue weighted by atomic mass is 10.2. The van der Waals surface area contributed by atoms with Crippen molar-refractivity contribution in [1.82, 2.24) is 9.97 Å². The van der Waals surface area contributed by atoms with Crippen LogP contribution >= 0.6 is 0 Å². The summed E-state index contributed by atoms with van der Waals surface area (Å²) in [7, 11) is 0. The Bertz CT molecular complexity index is 527. The first kappa shape index (κ1) is 15.3. The first-order valence-corrected chi connectivity index (χ1v) is 7.74. The van der Waals surface area contributed by atoms with Crippen molar-refractivity contribution in [3.05, 3.63) is 42.6 Å². The van der Waals surface area contributed by atoms with Crippen molar-refractivity contribution in [3.8, 4) is 0 Å². The standard InChI is InChI=1S/C17H24N4/c1-3-5-9-13-18-17-19-14-12-16(20-17)21(4-2)15-10-7-6-8-11-15/h6-8,10-12,14H,3-5,9,13H2,1-2H3,(H,18,19,20). The van der Waals surface area contributed by atoms with Gasteiger partial charge in [-0.1, -0.05) is 38.0 Å². The van der Waals surface area contributed by atoms with Gasteiger partial charge in [-0.25, -0.2) is 4.98 Å². The monoisotopic (exact) mass is 284 g/mol. The number of hydrogen-bond donors (Lipinski definition) is 1. The van der Waals surface area contributed by atoms with Crippen LogP contribution in [0.25, 0.3) is 0 Å².